The van der Waals surface area contributed by atoms with Crippen molar-refractivity contribution in [2.45, 2.75) is 37.1 Å². The predicted molar refractivity (Wildman–Crippen MR) is 82.1 cm³/mol. The molecule has 1 amide bonds. The lowest BCUT2D eigenvalue weighted by atomic mass is 10.1. The Balaban J connectivity index is 2.31. The Kier molecular flexibility index (Phi) is 4.82. The second kappa shape index (κ2) is 6.12. The van der Waals surface area contributed by atoms with Crippen LogP contribution in [-0.4, -0.2) is 20.4 Å². The van der Waals surface area contributed by atoms with Gasteiger partial charge in [-0.15, -0.1) is 0 Å². The van der Waals surface area contributed by atoms with Crippen molar-refractivity contribution in [1.29, 1.82) is 0 Å². The summed E-state index contributed by atoms with van der Waals surface area (Å²) in [5.74, 6) is 0.122. The average molecular weight is 351 g/mol. The molecule has 2 rings (SSSR count). The number of rotatable bonds is 3. The van der Waals surface area contributed by atoms with E-state index in [0.717, 1.165) is 25.3 Å². The maximum atomic E-state index is 12.3. The summed E-state index contributed by atoms with van der Waals surface area (Å²) in [5.41, 5.74) is 0.0211. The smallest absolute Gasteiger partial charge is 0.253 e. The number of hydrogen-bond donors (Lipinski definition) is 2. The van der Waals surface area contributed by atoms with Gasteiger partial charge in [0, 0.05) is 11.1 Å². The normalized spacial score (nSPS) is 22.3. The van der Waals surface area contributed by atoms with Crippen molar-refractivity contribution in [2.24, 2.45) is 11.1 Å². The first-order chi connectivity index (χ1) is 9.68. The summed E-state index contributed by atoms with van der Waals surface area (Å²) in [6, 6.07) is 2.54. The summed E-state index contributed by atoms with van der Waals surface area (Å²) in [5, 5.41) is 7.82. The van der Waals surface area contributed by atoms with Gasteiger partial charge < -0.3 is 5.32 Å². The molecule has 0 radical (unpaired) electrons. The molecule has 1 aliphatic carbocycles. The molecule has 2 unspecified atom stereocenters. The molecule has 1 fully saturated rings. The first kappa shape index (κ1) is 16.5. The third kappa shape index (κ3) is 3.88. The number of carbonyl (C=O) groups is 1. The number of hydrogen-bond acceptors (Lipinski definition) is 3. The van der Waals surface area contributed by atoms with Gasteiger partial charge in [0.1, 0.15) is 4.90 Å². The maximum Gasteiger partial charge on any atom is 0.253 e. The Hall–Kier alpha value is -0.820. The zero-order chi connectivity index (χ0) is 15.8. The van der Waals surface area contributed by atoms with Crippen molar-refractivity contribution < 1.29 is 13.2 Å². The highest BCUT2D eigenvalue weighted by molar-refractivity contribution is 7.89. The van der Waals surface area contributed by atoms with E-state index in [4.69, 9.17) is 28.3 Å². The molecule has 0 heterocycles. The van der Waals surface area contributed by atoms with Gasteiger partial charge in [-0.25, -0.2) is 13.6 Å². The van der Waals surface area contributed by atoms with E-state index in [0.29, 0.717) is 5.92 Å². The van der Waals surface area contributed by atoms with Gasteiger partial charge in [-0.1, -0.05) is 30.1 Å². The third-order valence-electron chi connectivity index (χ3n) is 3.59. The highest BCUT2D eigenvalue weighted by atomic mass is 35.5. The first-order valence-electron chi connectivity index (χ1n) is 6.51. The molecule has 0 aliphatic heterocycles. The fourth-order valence-electron chi connectivity index (χ4n) is 2.54. The molecule has 116 valence electrons. The molecular formula is C13H16Cl2N2O3S. The van der Waals surface area contributed by atoms with E-state index in [1.54, 1.807) is 0 Å². The van der Waals surface area contributed by atoms with E-state index >= 15 is 0 Å². The summed E-state index contributed by atoms with van der Waals surface area (Å²) in [4.78, 5) is 11.9. The lowest BCUT2D eigenvalue weighted by Gasteiger charge is -2.14. The quantitative estimate of drug-likeness (QED) is 0.877. The van der Waals surface area contributed by atoms with Crippen LogP contribution in [0.5, 0.6) is 0 Å². The maximum absolute atomic E-state index is 12.3. The minimum absolute atomic E-state index is 0.0211. The Morgan fingerprint density at radius 2 is 2.00 bits per heavy atom. The number of benzene rings is 1. The number of halogens is 2. The predicted octanol–water partition coefficient (Wildman–Crippen LogP) is 2.56. The number of carbonyl (C=O) groups excluding carboxylic acids is 1. The van der Waals surface area contributed by atoms with Crippen LogP contribution < -0.4 is 10.5 Å². The SMILES string of the molecule is CC1CCC(NC(=O)c2cc(Cl)cc(S(N)(=O)=O)c2Cl)C1. The van der Waals surface area contributed by atoms with Crippen molar-refractivity contribution in [3.8, 4) is 0 Å². The van der Waals surface area contributed by atoms with Crippen LogP contribution in [0.2, 0.25) is 10.0 Å². The van der Waals surface area contributed by atoms with Crippen LogP contribution in [0.25, 0.3) is 0 Å². The molecule has 21 heavy (non-hydrogen) atoms. The van der Waals surface area contributed by atoms with Crippen LogP contribution in [-0.2, 0) is 10.0 Å². The van der Waals surface area contributed by atoms with Crippen molar-refractivity contribution in [1.82, 2.24) is 5.32 Å². The monoisotopic (exact) mass is 350 g/mol. The van der Waals surface area contributed by atoms with E-state index in [-0.39, 0.29) is 26.5 Å². The Bertz CT molecular complexity index is 676. The van der Waals surface area contributed by atoms with Crippen molar-refractivity contribution in [3.05, 3.63) is 27.7 Å². The Morgan fingerprint density at radius 1 is 1.33 bits per heavy atom. The molecule has 1 aromatic carbocycles. The molecule has 8 heteroatoms. The zero-order valence-corrected chi connectivity index (χ0v) is 13.7. The van der Waals surface area contributed by atoms with E-state index in [1.807, 2.05) is 0 Å². The Labute approximate surface area is 133 Å². The molecule has 1 aromatic rings. The molecule has 1 saturated carbocycles. The van der Waals surface area contributed by atoms with Crippen molar-refractivity contribution in [3.63, 3.8) is 0 Å². The van der Waals surface area contributed by atoms with Crippen LogP contribution in [0, 0.1) is 5.92 Å². The van der Waals surface area contributed by atoms with E-state index in [2.05, 4.69) is 12.2 Å². The highest BCUT2D eigenvalue weighted by Gasteiger charge is 2.26. The minimum atomic E-state index is -4.04. The summed E-state index contributed by atoms with van der Waals surface area (Å²) in [7, 11) is -4.04. The first-order valence-corrected chi connectivity index (χ1v) is 8.81. The van der Waals surface area contributed by atoms with Gasteiger partial charge in [0.05, 0.1) is 10.6 Å². The number of nitrogens with two attached hydrogens (primary N) is 1. The fraction of sp³-hybridized carbons (Fsp3) is 0.462. The summed E-state index contributed by atoms with van der Waals surface area (Å²) >= 11 is 11.8. The molecule has 2 atom stereocenters. The molecule has 0 bridgehead atoms. The third-order valence-corrected chi connectivity index (χ3v) is 5.26. The summed E-state index contributed by atoms with van der Waals surface area (Å²) < 4.78 is 22.9. The van der Waals surface area contributed by atoms with Crippen LogP contribution in [0.4, 0.5) is 0 Å². The molecule has 0 spiro atoms. The van der Waals surface area contributed by atoms with Crippen LogP contribution >= 0.6 is 23.2 Å². The fourth-order valence-corrected chi connectivity index (χ4v) is 3.99. The number of amides is 1. The Morgan fingerprint density at radius 3 is 2.52 bits per heavy atom. The van der Waals surface area contributed by atoms with E-state index in [9.17, 15) is 13.2 Å². The molecule has 1 aliphatic rings. The molecule has 0 saturated heterocycles. The molecular weight excluding hydrogens is 335 g/mol. The van der Waals surface area contributed by atoms with Gasteiger partial charge in [-0.3, -0.25) is 4.79 Å². The highest BCUT2D eigenvalue weighted by Crippen LogP contribution is 2.30. The molecule has 3 N–H and O–H groups in total. The average Bonchev–Trinajstić information content (AvgIpc) is 2.75. The lowest BCUT2D eigenvalue weighted by Crippen LogP contribution is -2.33. The second-order valence-corrected chi connectivity index (χ2v) is 7.74. The van der Waals surface area contributed by atoms with Crippen molar-refractivity contribution >= 4 is 39.1 Å². The summed E-state index contributed by atoms with van der Waals surface area (Å²) in [6.45, 7) is 2.12. The van der Waals surface area contributed by atoms with Gasteiger partial charge in [-0.05, 0) is 37.3 Å². The van der Waals surface area contributed by atoms with E-state index in [1.165, 1.54) is 6.07 Å². The van der Waals surface area contributed by atoms with Gasteiger partial charge >= 0.3 is 0 Å². The second-order valence-electron chi connectivity index (χ2n) is 5.40. The van der Waals surface area contributed by atoms with Crippen molar-refractivity contribution in [2.75, 3.05) is 0 Å². The van der Waals surface area contributed by atoms with Gasteiger partial charge in [0.2, 0.25) is 10.0 Å². The summed E-state index contributed by atoms with van der Waals surface area (Å²) in [6.07, 6.45) is 2.84. The van der Waals surface area contributed by atoms with E-state index < -0.39 is 15.9 Å². The zero-order valence-electron chi connectivity index (χ0n) is 11.4. The van der Waals surface area contributed by atoms with Gasteiger partial charge in [0.25, 0.3) is 5.91 Å². The molecule has 0 aromatic heterocycles. The minimum Gasteiger partial charge on any atom is -0.349 e. The lowest BCUT2D eigenvalue weighted by molar-refractivity contribution is 0.0937. The molecule has 5 nitrogen and oxygen atoms in total. The number of primary sulfonamides is 1. The van der Waals surface area contributed by atoms with Crippen LogP contribution in [0.3, 0.4) is 0 Å². The van der Waals surface area contributed by atoms with Crippen LogP contribution in [0.15, 0.2) is 17.0 Å². The van der Waals surface area contributed by atoms with Gasteiger partial charge in [0.15, 0.2) is 0 Å². The largest absolute Gasteiger partial charge is 0.349 e. The topological polar surface area (TPSA) is 89.3 Å². The standard InChI is InChI=1S/C13H16Cl2N2O3S/c1-7-2-3-9(4-7)17-13(18)10-5-8(14)6-11(12(10)15)21(16,19)20/h5-7,9H,2-4H2,1H3,(H,17,18)(H2,16,19,20). The van der Waals surface area contributed by atoms with Crippen LogP contribution in [0.1, 0.15) is 36.5 Å². The van der Waals surface area contributed by atoms with Gasteiger partial charge in [-0.2, -0.15) is 0 Å². The number of nitrogens with one attached hydrogen (secondary N) is 1. The number of sulfonamides is 1.